The van der Waals surface area contributed by atoms with E-state index in [2.05, 4.69) is 25.5 Å². The lowest BCUT2D eigenvalue weighted by Gasteiger charge is -2.39. The summed E-state index contributed by atoms with van der Waals surface area (Å²) in [5.41, 5.74) is 0.275. The maximum absolute atomic E-state index is 13.5. The monoisotopic (exact) mass is 506 g/mol. The van der Waals surface area contributed by atoms with Crippen LogP contribution in [0.25, 0.3) is 0 Å². The summed E-state index contributed by atoms with van der Waals surface area (Å²) < 4.78 is 59.1. The summed E-state index contributed by atoms with van der Waals surface area (Å²) in [5, 5.41) is 0. The largest absolute Gasteiger partial charge is 0.452 e. The Labute approximate surface area is 203 Å². The van der Waals surface area contributed by atoms with Crippen LogP contribution in [0.2, 0.25) is 0 Å². The Kier molecular flexibility index (Phi) is 6.37. The molecule has 1 aliphatic heterocycles. The highest BCUT2D eigenvalue weighted by Gasteiger charge is 2.50. The van der Waals surface area contributed by atoms with Gasteiger partial charge < -0.3 is 9.64 Å². The van der Waals surface area contributed by atoms with Crippen LogP contribution in [0.3, 0.4) is 0 Å². The van der Waals surface area contributed by atoms with Crippen LogP contribution in [0.1, 0.15) is 50.4 Å². The fraction of sp³-hybridized carbons (Fsp3) is 0.440. The van der Waals surface area contributed by atoms with Gasteiger partial charge >= 0.3 is 5.97 Å². The standard InChI is InChI=1S/C25H28F2N2O5S/c1-24(2)11-18-12-25(3,14-24)15-29(18)22(30)13-34-23(31)16-5-4-6-17(9-16)28-35(32,33)19-7-8-20(26)21(27)10-19/h4-10,18,28H,11-15H2,1-3H3/t18-,25-/m1/s1. The first-order chi connectivity index (χ1) is 16.3. The van der Waals surface area contributed by atoms with Crippen LogP contribution in [0, 0.1) is 22.5 Å². The molecule has 1 aliphatic carbocycles. The molecule has 2 aromatic rings. The number of anilines is 1. The lowest BCUT2D eigenvalue weighted by atomic mass is 9.65. The fourth-order valence-electron chi connectivity index (χ4n) is 5.61. The molecule has 1 N–H and O–H groups in total. The number of amides is 1. The van der Waals surface area contributed by atoms with Gasteiger partial charge in [0, 0.05) is 18.3 Å². The number of ether oxygens (including phenoxy) is 1. The predicted molar refractivity (Wildman–Crippen MR) is 125 cm³/mol. The lowest BCUT2D eigenvalue weighted by molar-refractivity contribution is -0.135. The number of likely N-dealkylation sites (tertiary alicyclic amines) is 1. The molecule has 0 spiro atoms. The molecule has 0 radical (unpaired) electrons. The number of esters is 1. The molecule has 35 heavy (non-hydrogen) atoms. The van der Waals surface area contributed by atoms with Gasteiger partial charge in [-0.3, -0.25) is 9.52 Å². The second-order valence-corrected chi connectivity index (χ2v) is 12.3. The van der Waals surface area contributed by atoms with Crippen molar-refractivity contribution in [3.05, 3.63) is 59.7 Å². The number of benzene rings is 2. The Bertz CT molecular complexity index is 1280. The smallest absolute Gasteiger partial charge is 0.338 e. The van der Waals surface area contributed by atoms with Crippen molar-refractivity contribution in [3.8, 4) is 0 Å². The summed E-state index contributed by atoms with van der Waals surface area (Å²) in [7, 11) is -4.23. The molecule has 188 valence electrons. The zero-order valence-electron chi connectivity index (χ0n) is 19.8. The molecule has 0 unspecified atom stereocenters. The van der Waals surface area contributed by atoms with Crippen molar-refractivity contribution in [1.29, 1.82) is 0 Å². The second kappa shape index (κ2) is 8.89. The number of hydrogen-bond acceptors (Lipinski definition) is 5. The van der Waals surface area contributed by atoms with Crippen LogP contribution in [0.4, 0.5) is 14.5 Å². The molecule has 7 nitrogen and oxygen atoms in total. The van der Waals surface area contributed by atoms with Gasteiger partial charge in [0.15, 0.2) is 18.2 Å². The fourth-order valence-corrected chi connectivity index (χ4v) is 6.67. The molecular formula is C25H28F2N2O5S. The molecular weight excluding hydrogens is 478 g/mol. The Morgan fingerprint density at radius 2 is 1.83 bits per heavy atom. The third-order valence-electron chi connectivity index (χ3n) is 6.61. The van der Waals surface area contributed by atoms with E-state index < -0.39 is 39.1 Å². The van der Waals surface area contributed by atoms with Crippen LogP contribution < -0.4 is 4.72 Å². The van der Waals surface area contributed by atoms with Crippen molar-refractivity contribution in [3.63, 3.8) is 0 Å². The molecule has 0 aromatic heterocycles. The molecule has 1 heterocycles. The van der Waals surface area contributed by atoms with Gasteiger partial charge in [0.2, 0.25) is 0 Å². The first-order valence-corrected chi connectivity index (χ1v) is 12.8. The van der Waals surface area contributed by atoms with Gasteiger partial charge in [0.25, 0.3) is 15.9 Å². The van der Waals surface area contributed by atoms with Crippen molar-refractivity contribution in [2.45, 2.75) is 51.0 Å². The molecule has 2 bridgehead atoms. The maximum Gasteiger partial charge on any atom is 0.338 e. The Balaban J connectivity index is 1.39. The number of carbonyl (C=O) groups is 2. The maximum atomic E-state index is 13.5. The highest BCUT2D eigenvalue weighted by molar-refractivity contribution is 7.92. The molecule has 2 aromatic carbocycles. The van der Waals surface area contributed by atoms with E-state index in [0.717, 1.165) is 25.3 Å². The van der Waals surface area contributed by atoms with Crippen LogP contribution in [0.15, 0.2) is 47.4 Å². The van der Waals surface area contributed by atoms with Crippen LogP contribution in [-0.4, -0.2) is 44.4 Å². The van der Waals surface area contributed by atoms with Crippen molar-refractivity contribution < 1.29 is 31.5 Å². The van der Waals surface area contributed by atoms with Gasteiger partial charge in [-0.25, -0.2) is 22.0 Å². The van der Waals surface area contributed by atoms with Crippen LogP contribution >= 0.6 is 0 Å². The molecule has 10 heteroatoms. The van der Waals surface area contributed by atoms with Crippen LogP contribution in [0.5, 0.6) is 0 Å². The highest BCUT2D eigenvalue weighted by Crippen LogP contribution is 2.52. The summed E-state index contributed by atoms with van der Waals surface area (Å²) in [6.07, 6.45) is 2.88. The summed E-state index contributed by atoms with van der Waals surface area (Å²) in [5.74, 6) is -3.49. The lowest BCUT2D eigenvalue weighted by Crippen LogP contribution is -2.39. The minimum atomic E-state index is -4.23. The predicted octanol–water partition coefficient (Wildman–Crippen LogP) is 4.35. The van der Waals surface area contributed by atoms with Gasteiger partial charge in [-0.1, -0.05) is 26.8 Å². The molecule has 1 amide bonds. The van der Waals surface area contributed by atoms with Crippen molar-refractivity contribution >= 4 is 27.6 Å². The molecule has 4 rings (SSSR count). The number of rotatable bonds is 6. The molecule has 1 saturated heterocycles. The number of nitrogens with one attached hydrogen (secondary N) is 1. The van der Waals surface area contributed by atoms with E-state index in [0.29, 0.717) is 18.7 Å². The van der Waals surface area contributed by atoms with Gasteiger partial charge in [-0.2, -0.15) is 0 Å². The third kappa shape index (κ3) is 5.47. The quantitative estimate of drug-likeness (QED) is 0.588. The molecule has 2 fully saturated rings. The zero-order valence-corrected chi connectivity index (χ0v) is 20.6. The second-order valence-electron chi connectivity index (χ2n) is 10.6. The minimum Gasteiger partial charge on any atom is -0.452 e. The SMILES string of the molecule is CC1(C)C[C@@H]2C[C@@](C)(CN2C(=O)COC(=O)c2cccc(NS(=O)(=O)c3ccc(F)c(F)c3)c2)C1. The van der Waals surface area contributed by atoms with E-state index in [9.17, 15) is 26.8 Å². The Hall–Kier alpha value is -3.01. The van der Waals surface area contributed by atoms with Crippen molar-refractivity contribution in [1.82, 2.24) is 4.90 Å². The molecule has 1 saturated carbocycles. The zero-order chi connectivity index (χ0) is 25.6. The summed E-state index contributed by atoms with van der Waals surface area (Å²) in [4.78, 5) is 26.8. The minimum absolute atomic E-state index is 0.0269. The first-order valence-electron chi connectivity index (χ1n) is 11.3. The average molecular weight is 507 g/mol. The summed E-state index contributed by atoms with van der Waals surface area (Å²) in [6.45, 7) is 6.83. The van der Waals surface area contributed by atoms with E-state index in [4.69, 9.17) is 4.74 Å². The number of nitrogens with zero attached hydrogens (tertiary/aromatic N) is 1. The number of hydrogen-bond donors (Lipinski definition) is 1. The van der Waals surface area contributed by atoms with E-state index in [-0.39, 0.29) is 34.0 Å². The number of sulfonamides is 1. The normalized spacial score (nSPS) is 23.1. The van der Waals surface area contributed by atoms with Gasteiger partial charge in [0.1, 0.15) is 0 Å². The van der Waals surface area contributed by atoms with Gasteiger partial charge in [-0.05, 0) is 66.5 Å². The van der Waals surface area contributed by atoms with Crippen molar-refractivity contribution in [2.24, 2.45) is 10.8 Å². The van der Waals surface area contributed by atoms with Gasteiger partial charge in [0.05, 0.1) is 10.5 Å². The number of carbonyl (C=O) groups excluding carboxylic acids is 2. The Morgan fingerprint density at radius 3 is 2.54 bits per heavy atom. The number of halogens is 2. The first kappa shape index (κ1) is 25.1. The third-order valence-corrected chi connectivity index (χ3v) is 7.99. The van der Waals surface area contributed by atoms with Crippen molar-refractivity contribution in [2.75, 3.05) is 17.9 Å². The average Bonchev–Trinajstić information content (AvgIpc) is 3.02. The molecule has 2 aliphatic rings. The van der Waals surface area contributed by atoms with E-state index >= 15 is 0 Å². The van der Waals surface area contributed by atoms with E-state index in [1.165, 1.54) is 24.3 Å². The van der Waals surface area contributed by atoms with E-state index in [1.54, 1.807) is 0 Å². The van der Waals surface area contributed by atoms with E-state index in [1.807, 2.05) is 4.90 Å². The highest BCUT2D eigenvalue weighted by atomic mass is 32.2. The van der Waals surface area contributed by atoms with Gasteiger partial charge in [-0.15, -0.1) is 0 Å². The topological polar surface area (TPSA) is 92.8 Å². The summed E-state index contributed by atoms with van der Waals surface area (Å²) >= 11 is 0. The number of fused-ring (bicyclic) bond motifs is 2. The Morgan fingerprint density at radius 1 is 1.09 bits per heavy atom. The summed E-state index contributed by atoms with van der Waals surface area (Å²) in [6, 6.07) is 7.84. The molecule has 2 atom stereocenters. The van der Waals surface area contributed by atoms with Crippen LogP contribution in [-0.2, 0) is 19.6 Å².